The van der Waals surface area contributed by atoms with Gasteiger partial charge in [-0.3, -0.25) is 9.59 Å². The van der Waals surface area contributed by atoms with E-state index in [4.69, 9.17) is 4.98 Å². The zero-order valence-electron chi connectivity index (χ0n) is 21.0. The van der Waals surface area contributed by atoms with Crippen LogP contribution in [0.2, 0.25) is 0 Å². The number of amides is 2. The summed E-state index contributed by atoms with van der Waals surface area (Å²) in [7, 11) is 0. The molecule has 0 unspecified atom stereocenters. The molecule has 6 rings (SSSR count). The third-order valence-corrected chi connectivity index (χ3v) is 8.34. The van der Waals surface area contributed by atoms with Gasteiger partial charge in [-0.05, 0) is 63.3 Å². The number of nitrogens with one attached hydrogen (secondary N) is 2. The van der Waals surface area contributed by atoms with Crippen LogP contribution in [0.5, 0.6) is 0 Å². The SMILES string of the molecule is Cc1cnc(Nc2ccc(N3CCN(C(=O)C4CC4)CC3)cc2)nc1N1CCC2(CCNC2=O)CC1. The van der Waals surface area contributed by atoms with E-state index < -0.39 is 0 Å². The van der Waals surface area contributed by atoms with E-state index in [0.29, 0.717) is 17.8 Å². The first-order valence-corrected chi connectivity index (χ1v) is 13.3. The Hall–Kier alpha value is -3.36. The summed E-state index contributed by atoms with van der Waals surface area (Å²) in [5.74, 6) is 2.39. The molecule has 4 heterocycles. The predicted octanol–water partition coefficient (Wildman–Crippen LogP) is 2.69. The number of piperidine rings is 1. The maximum Gasteiger partial charge on any atom is 0.229 e. The summed E-state index contributed by atoms with van der Waals surface area (Å²) in [5.41, 5.74) is 2.97. The summed E-state index contributed by atoms with van der Waals surface area (Å²) in [4.78, 5) is 40.6. The molecule has 190 valence electrons. The fourth-order valence-electron chi connectivity index (χ4n) is 5.81. The fraction of sp³-hybridized carbons (Fsp3) is 0.556. The normalized spacial score (nSPS) is 21.6. The van der Waals surface area contributed by atoms with Gasteiger partial charge in [0.15, 0.2) is 0 Å². The van der Waals surface area contributed by atoms with Gasteiger partial charge in [0.2, 0.25) is 17.8 Å². The molecule has 1 saturated carbocycles. The van der Waals surface area contributed by atoms with Crippen molar-refractivity contribution in [3.8, 4) is 0 Å². The smallest absolute Gasteiger partial charge is 0.229 e. The highest BCUT2D eigenvalue weighted by atomic mass is 16.2. The van der Waals surface area contributed by atoms with E-state index in [0.717, 1.165) is 95.0 Å². The van der Waals surface area contributed by atoms with Crippen molar-refractivity contribution in [1.82, 2.24) is 20.2 Å². The number of carbonyl (C=O) groups is 2. The summed E-state index contributed by atoms with van der Waals surface area (Å²) in [6.45, 7) is 7.85. The highest BCUT2D eigenvalue weighted by molar-refractivity contribution is 5.85. The van der Waals surface area contributed by atoms with Crippen LogP contribution >= 0.6 is 0 Å². The Bertz CT molecular complexity index is 1130. The second-order valence-electron chi connectivity index (χ2n) is 10.7. The molecule has 9 nitrogen and oxygen atoms in total. The molecule has 9 heteroatoms. The van der Waals surface area contributed by atoms with Gasteiger partial charge < -0.3 is 25.3 Å². The highest BCUT2D eigenvalue weighted by Crippen LogP contribution is 2.39. The van der Waals surface area contributed by atoms with Gasteiger partial charge in [-0.1, -0.05) is 0 Å². The van der Waals surface area contributed by atoms with Gasteiger partial charge in [-0.15, -0.1) is 0 Å². The minimum Gasteiger partial charge on any atom is -0.368 e. The van der Waals surface area contributed by atoms with Crippen LogP contribution in [0.15, 0.2) is 30.5 Å². The lowest BCUT2D eigenvalue weighted by molar-refractivity contribution is -0.132. The number of carbonyl (C=O) groups excluding carboxylic acids is 2. The van der Waals surface area contributed by atoms with Crippen molar-refractivity contribution in [3.05, 3.63) is 36.0 Å². The maximum absolute atomic E-state index is 12.3. The number of hydrogen-bond acceptors (Lipinski definition) is 7. The average Bonchev–Trinajstić information content (AvgIpc) is 3.70. The van der Waals surface area contributed by atoms with Crippen molar-refractivity contribution in [2.75, 3.05) is 60.9 Å². The molecule has 4 aliphatic rings. The Labute approximate surface area is 212 Å². The Morgan fingerprint density at radius 2 is 1.72 bits per heavy atom. The fourth-order valence-corrected chi connectivity index (χ4v) is 5.81. The van der Waals surface area contributed by atoms with Gasteiger partial charge in [0, 0.05) is 74.9 Å². The summed E-state index contributed by atoms with van der Waals surface area (Å²) >= 11 is 0. The van der Waals surface area contributed by atoms with Gasteiger partial charge in [0.1, 0.15) is 5.82 Å². The minimum absolute atomic E-state index is 0.181. The molecule has 3 saturated heterocycles. The molecule has 1 aliphatic carbocycles. The molecule has 0 bridgehead atoms. The molecular formula is C27H35N7O2. The number of aromatic nitrogens is 2. The van der Waals surface area contributed by atoms with Crippen molar-refractivity contribution in [2.45, 2.75) is 39.0 Å². The lowest BCUT2D eigenvalue weighted by Gasteiger charge is -2.38. The van der Waals surface area contributed by atoms with E-state index in [2.05, 4.69) is 49.7 Å². The van der Waals surface area contributed by atoms with Crippen LogP contribution in [0.4, 0.5) is 23.1 Å². The first-order valence-electron chi connectivity index (χ1n) is 13.3. The van der Waals surface area contributed by atoms with Crippen LogP contribution in [-0.4, -0.2) is 72.5 Å². The average molecular weight is 490 g/mol. The second-order valence-corrected chi connectivity index (χ2v) is 10.7. The first kappa shape index (κ1) is 23.1. The molecule has 3 aliphatic heterocycles. The second kappa shape index (κ2) is 9.26. The quantitative estimate of drug-likeness (QED) is 0.667. The Morgan fingerprint density at radius 1 is 1.00 bits per heavy atom. The molecule has 36 heavy (non-hydrogen) atoms. The van der Waals surface area contributed by atoms with E-state index >= 15 is 0 Å². The van der Waals surface area contributed by atoms with Crippen molar-refractivity contribution < 1.29 is 9.59 Å². The Kier molecular flexibility index (Phi) is 5.93. The van der Waals surface area contributed by atoms with Gasteiger partial charge in [-0.25, -0.2) is 4.98 Å². The molecule has 2 amide bonds. The van der Waals surface area contributed by atoms with Gasteiger partial charge >= 0.3 is 0 Å². The van der Waals surface area contributed by atoms with Crippen LogP contribution in [0.25, 0.3) is 0 Å². The molecule has 0 radical (unpaired) electrons. The predicted molar refractivity (Wildman–Crippen MR) is 140 cm³/mol. The zero-order chi connectivity index (χ0) is 24.7. The van der Waals surface area contributed by atoms with E-state index in [1.165, 1.54) is 5.69 Å². The Balaban J connectivity index is 1.07. The monoisotopic (exact) mass is 489 g/mol. The van der Waals surface area contributed by atoms with Crippen LogP contribution in [0, 0.1) is 18.3 Å². The summed E-state index contributed by atoms with van der Waals surface area (Å²) in [6, 6.07) is 8.35. The summed E-state index contributed by atoms with van der Waals surface area (Å²) in [6.07, 6.45) is 6.69. The maximum atomic E-state index is 12.3. The highest BCUT2D eigenvalue weighted by Gasteiger charge is 2.44. The van der Waals surface area contributed by atoms with Crippen LogP contribution < -0.4 is 20.4 Å². The number of piperazine rings is 1. The van der Waals surface area contributed by atoms with Gasteiger partial charge in [0.25, 0.3) is 0 Å². The third-order valence-electron chi connectivity index (χ3n) is 8.34. The largest absolute Gasteiger partial charge is 0.368 e. The molecule has 2 N–H and O–H groups in total. The van der Waals surface area contributed by atoms with Crippen molar-refractivity contribution in [1.29, 1.82) is 0 Å². The minimum atomic E-state index is -0.181. The number of aryl methyl sites for hydroxylation is 1. The van der Waals surface area contributed by atoms with Crippen molar-refractivity contribution >= 4 is 35.0 Å². The molecule has 2 aromatic rings. The number of anilines is 4. The number of rotatable bonds is 5. The number of nitrogens with zero attached hydrogens (tertiary/aromatic N) is 5. The molecule has 1 aromatic heterocycles. The molecule has 1 spiro atoms. The molecule has 4 fully saturated rings. The third kappa shape index (κ3) is 4.47. The van der Waals surface area contributed by atoms with Crippen molar-refractivity contribution in [3.63, 3.8) is 0 Å². The lowest BCUT2D eigenvalue weighted by Crippen LogP contribution is -2.49. The van der Waals surface area contributed by atoms with E-state index in [1.807, 2.05) is 18.0 Å². The number of hydrogen-bond donors (Lipinski definition) is 2. The van der Waals surface area contributed by atoms with E-state index in [9.17, 15) is 9.59 Å². The van der Waals surface area contributed by atoms with E-state index in [-0.39, 0.29) is 11.3 Å². The number of benzene rings is 1. The van der Waals surface area contributed by atoms with Crippen LogP contribution in [0.1, 0.15) is 37.7 Å². The Morgan fingerprint density at radius 3 is 2.36 bits per heavy atom. The zero-order valence-corrected chi connectivity index (χ0v) is 21.0. The molecule has 1 aromatic carbocycles. The van der Waals surface area contributed by atoms with Crippen LogP contribution in [-0.2, 0) is 9.59 Å². The standard InChI is InChI=1S/C27H35N7O2/c1-19-18-29-26(31-23(19)33-12-9-27(10-13-33)8-11-28-25(27)36)30-21-4-6-22(7-5-21)32-14-16-34(17-15-32)24(35)20-2-3-20/h4-7,18,20H,2-3,8-17H2,1H3,(H,28,36)(H,29,30,31). The summed E-state index contributed by atoms with van der Waals surface area (Å²) < 4.78 is 0. The van der Waals surface area contributed by atoms with E-state index in [1.54, 1.807) is 0 Å². The molecular weight excluding hydrogens is 454 g/mol. The van der Waals surface area contributed by atoms with Gasteiger partial charge in [0.05, 0.1) is 5.41 Å². The van der Waals surface area contributed by atoms with Crippen molar-refractivity contribution in [2.24, 2.45) is 11.3 Å². The topological polar surface area (TPSA) is 93.7 Å². The lowest BCUT2D eigenvalue weighted by atomic mass is 9.77. The van der Waals surface area contributed by atoms with Crippen LogP contribution in [0.3, 0.4) is 0 Å². The molecule has 0 atom stereocenters. The summed E-state index contributed by atoms with van der Waals surface area (Å²) in [5, 5.41) is 6.36. The first-order chi connectivity index (χ1) is 17.5. The van der Waals surface area contributed by atoms with Gasteiger partial charge in [-0.2, -0.15) is 4.98 Å².